The summed E-state index contributed by atoms with van der Waals surface area (Å²) in [5.41, 5.74) is 0.0321. The van der Waals surface area contributed by atoms with Gasteiger partial charge in [-0.1, -0.05) is 6.07 Å². The summed E-state index contributed by atoms with van der Waals surface area (Å²) >= 11 is 0. The Balaban J connectivity index is 3.12. The summed E-state index contributed by atoms with van der Waals surface area (Å²) in [6.07, 6.45) is 0.431. The van der Waals surface area contributed by atoms with Gasteiger partial charge in [0.2, 0.25) is 0 Å². The average Bonchev–Trinajstić information content (AvgIpc) is 2.17. The highest BCUT2D eigenvalue weighted by Gasteiger charge is 2.14. The first-order valence-corrected chi connectivity index (χ1v) is 3.76. The first-order chi connectivity index (χ1) is 6.69. The molecule has 0 aliphatic heterocycles. The Morgan fingerprint density at radius 3 is 2.64 bits per heavy atom. The van der Waals surface area contributed by atoms with E-state index in [2.05, 4.69) is 4.74 Å². The molecule has 1 aromatic carbocycles. The minimum atomic E-state index is -2.98. The van der Waals surface area contributed by atoms with Crippen molar-refractivity contribution in [3.8, 4) is 11.5 Å². The molecular formula is C9H8F2O3. The van der Waals surface area contributed by atoms with Gasteiger partial charge in [0.1, 0.15) is 0 Å². The van der Waals surface area contributed by atoms with Gasteiger partial charge >= 0.3 is 6.61 Å². The van der Waals surface area contributed by atoms with Crippen LogP contribution in [-0.4, -0.2) is 20.0 Å². The van der Waals surface area contributed by atoms with Crippen LogP contribution in [0.1, 0.15) is 10.4 Å². The molecule has 0 heterocycles. The molecule has 0 aliphatic carbocycles. The molecule has 3 nitrogen and oxygen atoms in total. The second-order valence-corrected chi connectivity index (χ2v) is 2.37. The smallest absolute Gasteiger partial charge is 0.387 e. The van der Waals surface area contributed by atoms with Crippen LogP contribution in [0.15, 0.2) is 18.2 Å². The quantitative estimate of drug-likeness (QED) is 0.701. The lowest BCUT2D eigenvalue weighted by molar-refractivity contribution is -0.0514. The molecule has 76 valence electrons. The van der Waals surface area contributed by atoms with Crippen LogP contribution in [0.3, 0.4) is 0 Å². The molecule has 0 aliphatic rings. The minimum absolute atomic E-state index is 0.0321. The lowest BCUT2D eigenvalue weighted by Gasteiger charge is -2.10. The van der Waals surface area contributed by atoms with Crippen LogP contribution in [0.25, 0.3) is 0 Å². The van der Waals surface area contributed by atoms with Gasteiger partial charge in [0, 0.05) is 0 Å². The number of benzene rings is 1. The summed E-state index contributed by atoms with van der Waals surface area (Å²) in [5, 5.41) is 0. The number of aldehydes is 1. The maximum Gasteiger partial charge on any atom is 0.387 e. The lowest BCUT2D eigenvalue weighted by Crippen LogP contribution is -2.05. The molecular weight excluding hydrogens is 194 g/mol. The summed E-state index contributed by atoms with van der Waals surface area (Å²) in [5.74, 6) is -0.130. The number of hydrogen-bond donors (Lipinski definition) is 0. The fourth-order valence-corrected chi connectivity index (χ4v) is 1.00. The van der Waals surface area contributed by atoms with Crippen molar-refractivity contribution in [2.24, 2.45) is 0 Å². The SMILES string of the molecule is COc1cccc(C=O)c1OC(F)F. The van der Waals surface area contributed by atoms with Crippen LogP contribution in [0.5, 0.6) is 11.5 Å². The molecule has 5 heteroatoms. The first kappa shape index (κ1) is 10.4. The Kier molecular flexibility index (Phi) is 3.39. The van der Waals surface area contributed by atoms with E-state index in [9.17, 15) is 13.6 Å². The van der Waals surface area contributed by atoms with Gasteiger partial charge in [-0.25, -0.2) is 0 Å². The topological polar surface area (TPSA) is 35.5 Å². The molecule has 0 spiro atoms. The van der Waals surface area contributed by atoms with Gasteiger partial charge in [0.05, 0.1) is 12.7 Å². The van der Waals surface area contributed by atoms with Crippen LogP contribution in [0.4, 0.5) is 8.78 Å². The van der Waals surface area contributed by atoms with Crippen molar-refractivity contribution >= 4 is 6.29 Å². The third-order valence-corrected chi connectivity index (χ3v) is 1.56. The number of methoxy groups -OCH3 is 1. The number of rotatable bonds is 4. The van der Waals surface area contributed by atoms with Crippen molar-refractivity contribution in [1.29, 1.82) is 0 Å². The molecule has 0 unspecified atom stereocenters. The molecule has 0 aromatic heterocycles. The Labute approximate surface area is 79.2 Å². The van der Waals surface area contributed by atoms with Crippen molar-refractivity contribution in [2.45, 2.75) is 6.61 Å². The average molecular weight is 202 g/mol. The van der Waals surface area contributed by atoms with Gasteiger partial charge in [-0.05, 0) is 12.1 Å². The van der Waals surface area contributed by atoms with E-state index in [0.717, 1.165) is 0 Å². The fraction of sp³-hybridized carbons (Fsp3) is 0.222. The number of para-hydroxylation sites is 1. The normalized spacial score (nSPS) is 10.0. The summed E-state index contributed by atoms with van der Waals surface area (Å²) < 4.78 is 32.9. The maximum atomic E-state index is 12.0. The second-order valence-electron chi connectivity index (χ2n) is 2.37. The van der Waals surface area contributed by atoms with E-state index >= 15 is 0 Å². The van der Waals surface area contributed by atoms with Crippen molar-refractivity contribution in [3.05, 3.63) is 23.8 Å². The molecule has 1 aromatic rings. The van der Waals surface area contributed by atoms with Gasteiger partial charge in [0.15, 0.2) is 17.8 Å². The zero-order chi connectivity index (χ0) is 10.6. The Morgan fingerprint density at radius 2 is 2.14 bits per heavy atom. The van der Waals surface area contributed by atoms with E-state index in [1.54, 1.807) is 0 Å². The fourth-order valence-electron chi connectivity index (χ4n) is 1.00. The van der Waals surface area contributed by atoms with Gasteiger partial charge in [-0.15, -0.1) is 0 Å². The van der Waals surface area contributed by atoms with E-state index in [0.29, 0.717) is 6.29 Å². The van der Waals surface area contributed by atoms with Crippen LogP contribution >= 0.6 is 0 Å². The van der Waals surface area contributed by atoms with Gasteiger partial charge in [0.25, 0.3) is 0 Å². The van der Waals surface area contributed by atoms with Crippen LogP contribution in [0.2, 0.25) is 0 Å². The summed E-state index contributed by atoms with van der Waals surface area (Å²) in [6.45, 7) is -2.98. The Bertz CT molecular complexity index is 326. The van der Waals surface area contributed by atoms with Gasteiger partial charge in [-0.3, -0.25) is 4.79 Å². The molecule has 0 bridgehead atoms. The number of ether oxygens (including phenoxy) is 2. The first-order valence-electron chi connectivity index (χ1n) is 3.76. The lowest BCUT2D eigenvalue weighted by atomic mass is 10.2. The molecule has 0 N–H and O–H groups in total. The predicted molar refractivity (Wildman–Crippen MR) is 45.0 cm³/mol. The van der Waals surface area contributed by atoms with Crippen LogP contribution in [0, 0.1) is 0 Å². The molecule has 0 saturated carbocycles. The largest absolute Gasteiger partial charge is 0.493 e. The highest BCUT2D eigenvalue weighted by molar-refractivity contribution is 5.81. The highest BCUT2D eigenvalue weighted by atomic mass is 19.3. The number of halogens is 2. The molecule has 0 fully saturated rings. The summed E-state index contributed by atoms with van der Waals surface area (Å²) in [6, 6.07) is 4.32. The minimum Gasteiger partial charge on any atom is -0.493 e. The number of alkyl halides is 2. The zero-order valence-corrected chi connectivity index (χ0v) is 7.37. The molecule has 0 saturated heterocycles. The highest BCUT2D eigenvalue weighted by Crippen LogP contribution is 2.31. The monoisotopic (exact) mass is 202 g/mol. The number of hydrogen-bond acceptors (Lipinski definition) is 3. The van der Waals surface area contributed by atoms with Crippen molar-refractivity contribution in [1.82, 2.24) is 0 Å². The number of carbonyl (C=O) groups is 1. The zero-order valence-electron chi connectivity index (χ0n) is 7.37. The van der Waals surface area contributed by atoms with Crippen LogP contribution in [-0.2, 0) is 0 Å². The summed E-state index contributed by atoms with van der Waals surface area (Å²) in [4.78, 5) is 10.5. The predicted octanol–water partition coefficient (Wildman–Crippen LogP) is 2.11. The molecule has 14 heavy (non-hydrogen) atoms. The van der Waals surface area contributed by atoms with E-state index in [-0.39, 0.29) is 17.1 Å². The van der Waals surface area contributed by atoms with E-state index in [1.807, 2.05) is 0 Å². The van der Waals surface area contributed by atoms with E-state index in [4.69, 9.17) is 4.74 Å². The third-order valence-electron chi connectivity index (χ3n) is 1.56. The number of carbonyl (C=O) groups excluding carboxylic acids is 1. The molecule has 0 amide bonds. The van der Waals surface area contributed by atoms with Crippen LogP contribution < -0.4 is 9.47 Å². The van der Waals surface area contributed by atoms with E-state index < -0.39 is 6.61 Å². The Hall–Kier alpha value is -1.65. The maximum absolute atomic E-state index is 12.0. The van der Waals surface area contributed by atoms with Gasteiger partial charge < -0.3 is 9.47 Å². The molecule has 1 rings (SSSR count). The van der Waals surface area contributed by atoms with Crippen molar-refractivity contribution in [3.63, 3.8) is 0 Å². The van der Waals surface area contributed by atoms with Crippen molar-refractivity contribution < 1.29 is 23.0 Å². The molecule has 0 radical (unpaired) electrons. The summed E-state index contributed by atoms with van der Waals surface area (Å²) in [7, 11) is 1.31. The van der Waals surface area contributed by atoms with E-state index in [1.165, 1.54) is 25.3 Å². The second kappa shape index (κ2) is 4.55. The molecule has 0 atom stereocenters. The third kappa shape index (κ3) is 2.18. The standard InChI is InChI=1S/C9H8F2O3/c1-13-7-4-2-3-6(5-12)8(7)14-9(10)11/h2-5,9H,1H3. The Morgan fingerprint density at radius 1 is 1.43 bits per heavy atom. The van der Waals surface area contributed by atoms with Crippen molar-refractivity contribution in [2.75, 3.05) is 7.11 Å². The van der Waals surface area contributed by atoms with Gasteiger partial charge in [-0.2, -0.15) is 8.78 Å².